The molecule has 1 aromatic rings. The van der Waals surface area contributed by atoms with Crippen molar-refractivity contribution in [1.82, 2.24) is 0 Å². The average Bonchev–Trinajstić information content (AvgIpc) is 2.40. The van der Waals surface area contributed by atoms with Crippen LogP contribution >= 0.6 is 0 Å². The van der Waals surface area contributed by atoms with Crippen molar-refractivity contribution in [3.63, 3.8) is 0 Å². The molecule has 1 unspecified atom stereocenters. The van der Waals surface area contributed by atoms with E-state index in [1.54, 1.807) is 13.4 Å². The zero-order valence-corrected chi connectivity index (χ0v) is 6.33. The van der Waals surface area contributed by atoms with Crippen LogP contribution < -0.4 is 0 Å². The Morgan fingerprint density at radius 2 is 2.50 bits per heavy atom. The molecule has 0 saturated heterocycles. The molecule has 56 valence electrons. The second-order valence-electron chi connectivity index (χ2n) is 2.33. The van der Waals surface area contributed by atoms with Gasteiger partial charge < -0.3 is 9.15 Å². The summed E-state index contributed by atoms with van der Waals surface area (Å²) in [5, 5.41) is 0. The fourth-order valence-electron chi connectivity index (χ4n) is 0.795. The second kappa shape index (κ2) is 3.42. The van der Waals surface area contributed by atoms with Crippen molar-refractivity contribution in [2.75, 3.05) is 7.11 Å². The lowest BCUT2D eigenvalue weighted by molar-refractivity contribution is 0.114. The normalized spacial score (nSPS) is 13.4. The first-order valence-electron chi connectivity index (χ1n) is 3.38. The summed E-state index contributed by atoms with van der Waals surface area (Å²) in [6.07, 6.45) is 2.77. The molecule has 0 aromatic carbocycles. The van der Waals surface area contributed by atoms with Gasteiger partial charge in [-0.15, -0.1) is 0 Å². The van der Waals surface area contributed by atoms with Gasteiger partial charge >= 0.3 is 0 Å². The molecule has 1 heterocycles. The van der Waals surface area contributed by atoms with Crippen LogP contribution in [0.25, 0.3) is 0 Å². The van der Waals surface area contributed by atoms with Crippen LogP contribution in [0.15, 0.2) is 22.8 Å². The quantitative estimate of drug-likeness (QED) is 0.639. The fraction of sp³-hybridized carbons (Fsp3) is 0.500. The van der Waals surface area contributed by atoms with Gasteiger partial charge in [0, 0.05) is 13.5 Å². The third-order valence-electron chi connectivity index (χ3n) is 1.47. The van der Waals surface area contributed by atoms with Gasteiger partial charge in [-0.2, -0.15) is 0 Å². The van der Waals surface area contributed by atoms with Crippen LogP contribution in [0.5, 0.6) is 0 Å². The first-order valence-corrected chi connectivity index (χ1v) is 3.38. The summed E-state index contributed by atoms with van der Waals surface area (Å²) in [7, 11) is 1.70. The zero-order chi connectivity index (χ0) is 7.40. The van der Waals surface area contributed by atoms with Crippen molar-refractivity contribution in [1.29, 1.82) is 0 Å². The van der Waals surface area contributed by atoms with Gasteiger partial charge in [0.2, 0.25) is 0 Å². The first-order chi connectivity index (χ1) is 4.83. The third-order valence-corrected chi connectivity index (χ3v) is 1.47. The largest absolute Gasteiger partial charge is 0.469 e. The standard InChI is InChI=1S/C8H12O2/c1-7(9-2)6-8-4-3-5-10-8/h3-5,7H,6H2,1-2H3. The van der Waals surface area contributed by atoms with Crippen LogP contribution in [0.2, 0.25) is 0 Å². The summed E-state index contributed by atoms with van der Waals surface area (Å²) in [6.45, 7) is 2.02. The van der Waals surface area contributed by atoms with E-state index in [9.17, 15) is 0 Å². The minimum absolute atomic E-state index is 0.242. The Balaban J connectivity index is 2.40. The van der Waals surface area contributed by atoms with Gasteiger partial charge in [-0.3, -0.25) is 0 Å². The highest BCUT2D eigenvalue weighted by atomic mass is 16.5. The minimum atomic E-state index is 0.242. The van der Waals surface area contributed by atoms with E-state index >= 15 is 0 Å². The molecule has 0 saturated carbocycles. The lowest BCUT2D eigenvalue weighted by Crippen LogP contribution is -2.07. The first kappa shape index (κ1) is 7.35. The van der Waals surface area contributed by atoms with E-state index in [1.807, 2.05) is 19.1 Å². The summed E-state index contributed by atoms with van der Waals surface area (Å²) in [5.41, 5.74) is 0. The molecule has 2 heteroatoms. The van der Waals surface area contributed by atoms with E-state index in [-0.39, 0.29) is 6.10 Å². The van der Waals surface area contributed by atoms with Gasteiger partial charge in [0.05, 0.1) is 12.4 Å². The molecule has 0 aliphatic rings. The van der Waals surface area contributed by atoms with Crippen LogP contribution in [0.4, 0.5) is 0 Å². The molecule has 0 radical (unpaired) electrons. The van der Waals surface area contributed by atoms with E-state index in [1.165, 1.54) is 0 Å². The van der Waals surface area contributed by atoms with Crippen molar-refractivity contribution in [2.45, 2.75) is 19.4 Å². The van der Waals surface area contributed by atoms with Gasteiger partial charge in [0.15, 0.2) is 0 Å². The van der Waals surface area contributed by atoms with Crippen molar-refractivity contribution in [3.05, 3.63) is 24.2 Å². The van der Waals surface area contributed by atoms with E-state index in [4.69, 9.17) is 9.15 Å². The number of furan rings is 1. The summed E-state index contributed by atoms with van der Waals surface area (Å²) in [5.74, 6) is 0.981. The van der Waals surface area contributed by atoms with Crippen molar-refractivity contribution >= 4 is 0 Å². The molecule has 0 N–H and O–H groups in total. The lowest BCUT2D eigenvalue weighted by atomic mass is 10.2. The van der Waals surface area contributed by atoms with E-state index < -0.39 is 0 Å². The Hall–Kier alpha value is -0.760. The maximum absolute atomic E-state index is 5.13. The molecule has 0 amide bonds. The fourth-order valence-corrected chi connectivity index (χ4v) is 0.795. The van der Waals surface area contributed by atoms with Gasteiger partial charge in [0.25, 0.3) is 0 Å². The molecule has 0 bridgehead atoms. The molecular formula is C8H12O2. The third kappa shape index (κ3) is 1.88. The molecule has 0 aliphatic heterocycles. The van der Waals surface area contributed by atoms with Crippen molar-refractivity contribution in [3.8, 4) is 0 Å². The van der Waals surface area contributed by atoms with E-state index in [0.29, 0.717) is 0 Å². The Labute approximate surface area is 60.8 Å². The highest BCUT2D eigenvalue weighted by Gasteiger charge is 2.02. The van der Waals surface area contributed by atoms with E-state index in [0.717, 1.165) is 12.2 Å². The summed E-state index contributed by atoms with van der Waals surface area (Å²) in [4.78, 5) is 0. The van der Waals surface area contributed by atoms with Gasteiger partial charge in [0.1, 0.15) is 5.76 Å². The SMILES string of the molecule is COC(C)Cc1ccco1. The highest BCUT2D eigenvalue weighted by Crippen LogP contribution is 2.04. The predicted molar refractivity (Wildman–Crippen MR) is 38.9 cm³/mol. The molecule has 2 nitrogen and oxygen atoms in total. The Morgan fingerprint density at radius 3 is 3.00 bits per heavy atom. The van der Waals surface area contributed by atoms with Crippen molar-refractivity contribution < 1.29 is 9.15 Å². The lowest BCUT2D eigenvalue weighted by Gasteiger charge is -2.05. The molecule has 0 aliphatic carbocycles. The molecular weight excluding hydrogens is 128 g/mol. The van der Waals surface area contributed by atoms with Crippen molar-refractivity contribution in [2.24, 2.45) is 0 Å². The van der Waals surface area contributed by atoms with E-state index in [2.05, 4.69) is 0 Å². The molecule has 0 fully saturated rings. The van der Waals surface area contributed by atoms with Gasteiger partial charge in [-0.05, 0) is 19.1 Å². The average molecular weight is 140 g/mol. The molecule has 1 atom stereocenters. The second-order valence-corrected chi connectivity index (χ2v) is 2.33. The Morgan fingerprint density at radius 1 is 1.70 bits per heavy atom. The predicted octanol–water partition coefficient (Wildman–Crippen LogP) is 1.86. The maximum atomic E-state index is 5.13. The number of hydrogen-bond donors (Lipinski definition) is 0. The molecule has 1 aromatic heterocycles. The highest BCUT2D eigenvalue weighted by molar-refractivity contribution is 4.98. The molecule has 1 rings (SSSR count). The smallest absolute Gasteiger partial charge is 0.106 e. The summed E-state index contributed by atoms with van der Waals surface area (Å²) < 4.78 is 10.2. The van der Waals surface area contributed by atoms with Crippen LogP contribution in [0.3, 0.4) is 0 Å². The number of methoxy groups -OCH3 is 1. The maximum Gasteiger partial charge on any atom is 0.106 e. The molecule has 10 heavy (non-hydrogen) atoms. The Kier molecular flexibility index (Phi) is 2.51. The van der Waals surface area contributed by atoms with Crippen LogP contribution in [-0.4, -0.2) is 13.2 Å². The minimum Gasteiger partial charge on any atom is -0.469 e. The van der Waals surface area contributed by atoms with Crippen LogP contribution in [0, 0.1) is 0 Å². The Bertz CT molecular complexity index is 167. The topological polar surface area (TPSA) is 22.4 Å². The zero-order valence-electron chi connectivity index (χ0n) is 6.33. The van der Waals surface area contributed by atoms with Gasteiger partial charge in [-0.25, -0.2) is 0 Å². The molecule has 0 spiro atoms. The number of ether oxygens (including phenoxy) is 1. The van der Waals surface area contributed by atoms with Crippen LogP contribution in [0.1, 0.15) is 12.7 Å². The monoisotopic (exact) mass is 140 g/mol. The number of hydrogen-bond acceptors (Lipinski definition) is 2. The van der Waals surface area contributed by atoms with Gasteiger partial charge in [-0.1, -0.05) is 0 Å². The summed E-state index contributed by atoms with van der Waals surface area (Å²) in [6, 6.07) is 3.84. The van der Waals surface area contributed by atoms with Crippen LogP contribution in [-0.2, 0) is 11.2 Å². The number of rotatable bonds is 3. The summed E-state index contributed by atoms with van der Waals surface area (Å²) >= 11 is 0.